The van der Waals surface area contributed by atoms with Crippen LogP contribution in [0.1, 0.15) is 11.4 Å². The van der Waals surface area contributed by atoms with E-state index < -0.39 is 6.10 Å². The van der Waals surface area contributed by atoms with Crippen molar-refractivity contribution in [1.82, 2.24) is 24.4 Å². The zero-order chi connectivity index (χ0) is 22.7. The van der Waals surface area contributed by atoms with E-state index in [1.807, 2.05) is 6.07 Å². The molecule has 0 fully saturated rings. The summed E-state index contributed by atoms with van der Waals surface area (Å²) >= 11 is 4.57. The van der Waals surface area contributed by atoms with Crippen molar-refractivity contribution in [2.24, 2.45) is 5.10 Å². The highest BCUT2D eigenvalue weighted by Crippen LogP contribution is 2.20. The van der Waals surface area contributed by atoms with Crippen molar-refractivity contribution in [2.75, 3.05) is 5.75 Å². The minimum atomic E-state index is -0.818. The van der Waals surface area contributed by atoms with E-state index in [4.69, 9.17) is 0 Å². The number of aliphatic hydroxyl groups is 1. The van der Waals surface area contributed by atoms with Gasteiger partial charge in [0.1, 0.15) is 5.82 Å². The Morgan fingerprint density at radius 2 is 2.09 bits per heavy atom. The highest BCUT2D eigenvalue weighted by molar-refractivity contribution is 9.10. The van der Waals surface area contributed by atoms with E-state index in [-0.39, 0.29) is 23.7 Å². The SMILES string of the molecule is Cc1nnc(SCC(O)Cn2cnc3ccccc3c2=O)n1N=Cc1ccc(F)cc1Br. The van der Waals surface area contributed by atoms with Gasteiger partial charge in [0.15, 0.2) is 5.82 Å². The van der Waals surface area contributed by atoms with Crippen LogP contribution in [0.2, 0.25) is 0 Å². The quantitative estimate of drug-likeness (QED) is 0.299. The molecule has 0 aliphatic carbocycles. The van der Waals surface area contributed by atoms with Crippen molar-refractivity contribution in [3.63, 3.8) is 0 Å². The molecule has 0 amide bonds. The molecular weight excluding hydrogens is 499 g/mol. The number of aromatic nitrogens is 5. The average Bonchev–Trinajstić information content (AvgIpc) is 3.13. The maximum absolute atomic E-state index is 13.3. The lowest BCUT2D eigenvalue weighted by atomic mass is 10.2. The third kappa shape index (κ3) is 4.95. The molecule has 4 rings (SSSR count). The van der Waals surface area contributed by atoms with Crippen LogP contribution >= 0.6 is 27.7 Å². The molecule has 0 bridgehead atoms. The van der Waals surface area contributed by atoms with Gasteiger partial charge >= 0.3 is 0 Å². The van der Waals surface area contributed by atoms with E-state index in [0.717, 1.165) is 0 Å². The summed E-state index contributed by atoms with van der Waals surface area (Å²) in [4.78, 5) is 16.9. The molecule has 32 heavy (non-hydrogen) atoms. The summed E-state index contributed by atoms with van der Waals surface area (Å²) in [5.41, 5.74) is 1.11. The normalized spacial score (nSPS) is 12.6. The summed E-state index contributed by atoms with van der Waals surface area (Å²) < 4.78 is 16.8. The molecule has 0 radical (unpaired) electrons. The number of hydrogen-bond donors (Lipinski definition) is 1. The van der Waals surface area contributed by atoms with E-state index in [0.29, 0.717) is 31.9 Å². The molecule has 4 aromatic rings. The maximum Gasteiger partial charge on any atom is 0.261 e. The number of nitrogens with zero attached hydrogens (tertiary/aromatic N) is 6. The Bertz CT molecular complexity index is 1360. The van der Waals surface area contributed by atoms with E-state index in [9.17, 15) is 14.3 Å². The van der Waals surface area contributed by atoms with Crippen LogP contribution < -0.4 is 5.56 Å². The molecule has 0 aliphatic heterocycles. The van der Waals surface area contributed by atoms with Crippen molar-refractivity contribution < 1.29 is 9.50 Å². The van der Waals surface area contributed by atoms with Gasteiger partial charge in [-0.1, -0.05) is 39.8 Å². The minimum Gasteiger partial charge on any atom is -0.390 e. The van der Waals surface area contributed by atoms with Crippen LogP contribution in [0, 0.1) is 12.7 Å². The van der Waals surface area contributed by atoms with Gasteiger partial charge in [0, 0.05) is 15.8 Å². The van der Waals surface area contributed by atoms with Crippen molar-refractivity contribution >= 4 is 44.8 Å². The Morgan fingerprint density at radius 1 is 1.28 bits per heavy atom. The summed E-state index contributed by atoms with van der Waals surface area (Å²) in [5.74, 6) is 0.486. The maximum atomic E-state index is 13.3. The predicted molar refractivity (Wildman–Crippen MR) is 125 cm³/mol. The predicted octanol–water partition coefficient (Wildman–Crippen LogP) is 3.23. The second-order valence-electron chi connectivity index (χ2n) is 6.94. The van der Waals surface area contributed by atoms with Gasteiger partial charge in [0.05, 0.1) is 36.1 Å². The number of halogens is 2. The number of benzene rings is 2. The fraction of sp³-hybridized carbons (Fsp3) is 0.190. The van der Waals surface area contributed by atoms with Crippen LogP contribution in [0.25, 0.3) is 10.9 Å². The minimum absolute atomic E-state index is 0.0998. The van der Waals surface area contributed by atoms with Gasteiger partial charge in [-0.15, -0.1) is 10.2 Å². The van der Waals surface area contributed by atoms with Crippen molar-refractivity contribution in [3.8, 4) is 0 Å². The Kier molecular flexibility index (Phi) is 6.77. The Morgan fingerprint density at radius 3 is 2.91 bits per heavy atom. The van der Waals surface area contributed by atoms with Crippen LogP contribution in [-0.2, 0) is 6.54 Å². The topological polar surface area (TPSA) is 98.2 Å². The van der Waals surface area contributed by atoms with Gasteiger partial charge in [-0.3, -0.25) is 9.36 Å². The molecule has 0 saturated heterocycles. The first-order valence-electron chi connectivity index (χ1n) is 9.59. The van der Waals surface area contributed by atoms with E-state index >= 15 is 0 Å². The molecule has 2 aromatic heterocycles. The lowest BCUT2D eigenvalue weighted by Gasteiger charge is -2.12. The molecule has 11 heteroatoms. The highest BCUT2D eigenvalue weighted by Gasteiger charge is 2.14. The number of hydrogen-bond acceptors (Lipinski definition) is 7. The molecule has 1 N–H and O–H groups in total. The molecule has 164 valence electrons. The van der Waals surface area contributed by atoms with E-state index in [1.54, 1.807) is 37.4 Å². The van der Waals surface area contributed by atoms with Gasteiger partial charge in [0.25, 0.3) is 5.56 Å². The van der Waals surface area contributed by atoms with Crippen LogP contribution in [0.4, 0.5) is 4.39 Å². The van der Waals surface area contributed by atoms with Crippen LogP contribution in [0.15, 0.2) is 68.3 Å². The number of thioether (sulfide) groups is 1. The first kappa shape index (κ1) is 22.3. The molecule has 1 unspecified atom stereocenters. The fourth-order valence-corrected chi connectivity index (χ4v) is 4.27. The summed E-state index contributed by atoms with van der Waals surface area (Å²) in [6, 6.07) is 11.4. The second kappa shape index (κ2) is 9.72. The van der Waals surface area contributed by atoms with E-state index in [1.165, 1.54) is 39.5 Å². The molecular formula is C21H18BrFN6O2S. The Labute approximate surface area is 195 Å². The molecule has 0 aliphatic rings. The average molecular weight is 517 g/mol. The summed E-state index contributed by atoms with van der Waals surface area (Å²) in [7, 11) is 0. The van der Waals surface area contributed by atoms with Gasteiger partial charge in [-0.2, -0.15) is 9.78 Å². The molecule has 8 nitrogen and oxygen atoms in total. The summed E-state index contributed by atoms with van der Waals surface area (Å²) in [5, 5.41) is 24.0. The van der Waals surface area contributed by atoms with Crippen molar-refractivity contribution in [2.45, 2.75) is 24.7 Å². The zero-order valence-corrected chi connectivity index (χ0v) is 19.3. The van der Waals surface area contributed by atoms with Crippen LogP contribution in [-0.4, -0.2) is 47.6 Å². The lowest BCUT2D eigenvalue weighted by Crippen LogP contribution is -2.28. The Hall–Kier alpha value is -2.89. The second-order valence-corrected chi connectivity index (χ2v) is 8.78. The number of fused-ring (bicyclic) bond motifs is 1. The van der Waals surface area contributed by atoms with E-state index in [2.05, 4.69) is 36.2 Å². The zero-order valence-electron chi connectivity index (χ0n) is 16.9. The number of rotatable bonds is 7. The summed E-state index contributed by atoms with van der Waals surface area (Å²) in [6.45, 7) is 1.85. The smallest absolute Gasteiger partial charge is 0.261 e. The van der Waals surface area contributed by atoms with Crippen molar-refractivity contribution in [1.29, 1.82) is 0 Å². The standard InChI is InChI=1S/C21H18BrFN6O2S/c1-13-26-27-21(29(13)25-9-14-6-7-15(23)8-18(14)22)32-11-16(30)10-28-12-24-19-5-3-2-4-17(19)20(28)31/h2-9,12,16,30H,10-11H2,1H3. The van der Waals surface area contributed by atoms with Gasteiger partial charge < -0.3 is 5.11 Å². The van der Waals surface area contributed by atoms with Crippen molar-refractivity contribution in [3.05, 3.63) is 80.8 Å². The summed E-state index contributed by atoms with van der Waals surface area (Å²) in [6.07, 6.45) is 2.19. The number of aryl methyl sites for hydroxylation is 1. The fourth-order valence-electron chi connectivity index (χ4n) is 2.97. The molecule has 2 aromatic carbocycles. The number of aliphatic hydroxyl groups excluding tert-OH is 1. The first-order valence-corrected chi connectivity index (χ1v) is 11.4. The Balaban J connectivity index is 1.45. The van der Waals surface area contributed by atoms with Crippen LogP contribution in [0.3, 0.4) is 0 Å². The monoisotopic (exact) mass is 516 g/mol. The lowest BCUT2D eigenvalue weighted by molar-refractivity contribution is 0.176. The third-order valence-corrected chi connectivity index (χ3v) is 6.34. The largest absolute Gasteiger partial charge is 0.390 e. The molecule has 0 saturated carbocycles. The van der Waals surface area contributed by atoms with Crippen LogP contribution in [0.5, 0.6) is 0 Å². The molecule has 1 atom stereocenters. The third-order valence-electron chi connectivity index (χ3n) is 4.59. The number of para-hydroxylation sites is 1. The first-order chi connectivity index (χ1) is 15.4. The highest BCUT2D eigenvalue weighted by atomic mass is 79.9. The van der Waals surface area contributed by atoms with Gasteiger partial charge in [-0.05, 0) is 37.3 Å². The van der Waals surface area contributed by atoms with Gasteiger partial charge in [-0.25, -0.2) is 9.37 Å². The molecule has 2 heterocycles. The van der Waals surface area contributed by atoms with Gasteiger partial charge in [0.2, 0.25) is 5.16 Å². The molecule has 0 spiro atoms.